The van der Waals surface area contributed by atoms with E-state index in [9.17, 15) is 22.8 Å². The summed E-state index contributed by atoms with van der Waals surface area (Å²) in [4.78, 5) is 34.0. The molecule has 0 radical (unpaired) electrons. The molecule has 1 atom stereocenters. The van der Waals surface area contributed by atoms with Crippen molar-refractivity contribution >= 4 is 27.6 Å². The summed E-state index contributed by atoms with van der Waals surface area (Å²) in [5.41, 5.74) is 1.30. The molecular weight excluding hydrogens is 354 g/mol. The van der Waals surface area contributed by atoms with Gasteiger partial charge >= 0.3 is 0 Å². The van der Waals surface area contributed by atoms with Gasteiger partial charge < -0.3 is 15.4 Å². The van der Waals surface area contributed by atoms with Crippen LogP contribution in [0.1, 0.15) is 6.92 Å². The second-order valence-corrected chi connectivity index (χ2v) is 7.00. The molecule has 1 aromatic carbocycles. The van der Waals surface area contributed by atoms with Gasteiger partial charge in [-0.25, -0.2) is 13.9 Å². The van der Waals surface area contributed by atoms with Crippen LogP contribution in [0.2, 0.25) is 0 Å². The van der Waals surface area contributed by atoms with E-state index in [2.05, 4.69) is 10.6 Å². The zero-order valence-corrected chi connectivity index (χ0v) is 14.4. The molecule has 1 rings (SSSR count). The minimum atomic E-state index is -3.95. The highest BCUT2D eigenvalue weighted by Crippen LogP contribution is 2.17. The van der Waals surface area contributed by atoms with Gasteiger partial charge in [-0.05, 0) is 24.3 Å². The van der Waals surface area contributed by atoms with Gasteiger partial charge in [0.05, 0.1) is 24.3 Å². The minimum absolute atomic E-state index is 0.0832. The molecule has 0 heterocycles. The van der Waals surface area contributed by atoms with Crippen molar-refractivity contribution in [2.24, 2.45) is 0 Å². The summed E-state index contributed by atoms with van der Waals surface area (Å²) in [6, 6.07) is 3.91. The van der Waals surface area contributed by atoms with E-state index >= 15 is 0 Å². The first-order valence-corrected chi connectivity index (χ1v) is 8.69. The van der Waals surface area contributed by atoms with Crippen molar-refractivity contribution in [2.75, 3.05) is 19.4 Å². The predicted molar refractivity (Wildman–Crippen MR) is 85.6 cm³/mol. The van der Waals surface area contributed by atoms with Crippen molar-refractivity contribution in [3.63, 3.8) is 0 Å². The number of amides is 3. The molecule has 0 saturated heterocycles. The Balaban J connectivity index is 2.90. The molecule has 0 spiro atoms. The maximum absolute atomic E-state index is 12.4. The minimum Gasteiger partial charge on any atom is -0.497 e. The van der Waals surface area contributed by atoms with Crippen LogP contribution < -0.4 is 20.9 Å². The molecule has 4 N–H and O–H groups in total. The number of carbonyl (C=O) groups excluding carboxylic acids is 3. The van der Waals surface area contributed by atoms with Gasteiger partial charge in [-0.15, -0.1) is 0 Å². The van der Waals surface area contributed by atoms with E-state index in [4.69, 9.17) is 9.94 Å². The summed E-state index contributed by atoms with van der Waals surface area (Å²) < 4.78 is 29.7. The standard InChI is InChI=1S/C14H19N3O7S/c1-9(18)15-7-13(19)16-12(14(20)17-21)8-25(22,23)11-5-3-10(24-2)4-6-11/h3-6,12,21H,7-8H2,1-2H3,(H,15,18)(H,16,19)(H,17,20). The first-order chi connectivity index (χ1) is 11.7. The van der Waals surface area contributed by atoms with Crippen LogP contribution in [-0.2, 0) is 24.2 Å². The quantitative estimate of drug-likeness (QED) is 0.323. The van der Waals surface area contributed by atoms with Gasteiger partial charge in [0.25, 0.3) is 5.91 Å². The number of nitrogens with one attached hydrogen (secondary N) is 3. The Kier molecular flexibility index (Phi) is 7.33. The van der Waals surface area contributed by atoms with Crippen LogP contribution in [-0.4, -0.2) is 56.8 Å². The lowest BCUT2D eigenvalue weighted by molar-refractivity contribution is -0.134. The first kappa shape index (κ1) is 20.4. The highest BCUT2D eigenvalue weighted by molar-refractivity contribution is 7.91. The fraction of sp³-hybridized carbons (Fsp3) is 0.357. The summed E-state index contributed by atoms with van der Waals surface area (Å²) in [5.74, 6) is -2.68. The zero-order valence-electron chi connectivity index (χ0n) is 13.6. The molecule has 0 aromatic heterocycles. The van der Waals surface area contributed by atoms with Crippen molar-refractivity contribution in [1.82, 2.24) is 16.1 Å². The van der Waals surface area contributed by atoms with Gasteiger partial charge in [0, 0.05) is 6.92 Å². The van der Waals surface area contributed by atoms with Crippen LogP contribution in [0.15, 0.2) is 29.2 Å². The Morgan fingerprint density at radius 3 is 2.28 bits per heavy atom. The smallest absolute Gasteiger partial charge is 0.266 e. The average molecular weight is 373 g/mol. The van der Waals surface area contributed by atoms with Gasteiger partial charge in [-0.2, -0.15) is 0 Å². The third kappa shape index (κ3) is 6.39. The lowest BCUT2D eigenvalue weighted by atomic mass is 10.3. The number of benzene rings is 1. The van der Waals surface area contributed by atoms with E-state index in [1.54, 1.807) is 0 Å². The topological polar surface area (TPSA) is 151 Å². The molecule has 1 unspecified atom stereocenters. The third-order valence-electron chi connectivity index (χ3n) is 3.06. The van der Waals surface area contributed by atoms with Crippen LogP contribution in [0, 0.1) is 0 Å². The molecule has 10 nitrogen and oxygen atoms in total. The van der Waals surface area contributed by atoms with Crippen molar-refractivity contribution in [3.8, 4) is 5.75 Å². The number of methoxy groups -OCH3 is 1. The maximum atomic E-state index is 12.4. The highest BCUT2D eigenvalue weighted by atomic mass is 32.2. The Morgan fingerprint density at radius 1 is 1.20 bits per heavy atom. The molecule has 0 aliphatic carbocycles. The number of hydrogen-bond acceptors (Lipinski definition) is 7. The Morgan fingerprint density at radius 2 is 1.80 bits per heavy atom. The number of hydroxylamine groups is 1. The molecule has 1 aromatic rings. The van der Waals surface area contributed by atoms with Crippen LogP contribution >= 0.6 is 0 Å². The molecule has 3 amide bonds. The molecule has 0 fully saturated rings. The molecule has 11 heteroatoms. The summed E-state index contributed by atoms with van der Waals surface area (Å²) in [5, 5.41) is 13.1. The average Bonchev–Trinajstić information content (AvgIpc) is 2.58. The fourth-order valence-electron chi connectivity index (χ4n) is 1.81. The number of sulfone groups is 1. The van der Waals surface area contributed by atoms with Gasteiger partial charge in [-0.1, -0.05) is 0 Å². The predicted octanol–water partition coefficient (Wildman–Crippen LogP) is -1.40. The molecule has 0 aliphatic heterocycles. The van der Waals surface area contributed by atoms with Crippen LogP contribution in [0.25, 0.3) is 0 Å². The van der Waals surface area contributed by atoms with Crippen LogP contribution in [0.3, 0.4) is 0 Å². The third-order valence-corrected chi connectivity index (χ3v) is 4.83. The van der Waals surface area contributed by atoms with Gasteiger partial charge in [0.2, 0.25) is 11.8 Å². The fourth-order valence-corrected chi connectivity index (χ4v) is 3.23. The summed E-state index contributed by atoms with van der Waals surface area (Å²) in [6.07, 6.45) is 0. The number of hydrogen-bond donors (Lipinski definition) is 4. The van der Waals surface area contributed by atoms with Gasteiger partial charge in [0.15, 0.2) is 9.84 Å². The summed E-state index contributed by atoms with van der Waals surface area (Å²) in [7, 11) is -2.52. The molecule has 0 bridgehead atoms. The van der Waals surface area contributed by atoms with E-state index in [1.165, 1.54) is 43.8 Å². The highest BCUT2D eigenvalue weighted by Gasteiger charge is 2.28. The number of rotatable bonds is 8. The Labute approximate surface area is 144 Å². The largest absolute Gasteiger partial charge is 0.497 e. The van der Waals surface area contributed by atoms with Gasteiger partial charge in [0.1, 0.15) is 11.8 Å². The number of carbonyl (C=O) groups is 3. The Bertz CT molecular complexity index is 731. The second-order valence-electron chi connectivity index (χ2n) is 4.96. The monoisotopic (exact) mass is 373 g/mol. The SMILES string of the molecule is COc1ccc(S(=O)(=O)CC(NC(=O)CNC(C)=O)C(=O)NO)cc1. The molecule has 138 valence electrons. The van der Waals surface area contributed by atoms with Crippen molar-refractivity contribution in [1.29, 1.82) is 0 Å². The van der Waals surface area contributed by atoms with E-state index in [1.807, 2.05) is 0 Å². The van der Waals surface area contributed by atoms with Crippen LogP contribution in [0.4, 0.5) is 0 Å². The number of ether oxygens (including phenoxy) is 1. The lowest BCUT2D eigenvalue weighted by Crippen LogP contribution is -2.51. The summed E-state index contributed by atoms with van der Waals surface area (Å²) >= 11 is 0. The van der Waals surface area contributed by atoms with Crippen LogP contribution in [0.5, 0.6) is 5.75 Å². The first-order valence-electron chi connectivity index (χ1n) is 7.04. The summed E-state index contributed by atoms with van der Waals surface area (Å²) in [6.45, 7) is 0.756. The Hall–Kier alpha value is -2.66. The molecule has 25 heavy (non-hydrogen) atoms. The zero-order chi connectivity index (χ0) is 19.0. The molecule has 0 saturated carbocycles. The lowest BCUT2D eigenvalue weighted by Gasteiger charge is -2.17. The molecule has 0 aliphatic rings. The van der Waals surface area contributed by atoms with E-state index in [0.717, 1.165) is 0 Å². The van der Waals surface area contributed by atoms with Crippen molar-refractivity contribution < 1.29 is 32.7 Å². The van der Waals surface area contributed by atoms with Crippen molar-refractivity contribution in [2.45, 2.75) is 17.9 Å². The molecular formula is C14H19N3O7S. The van der Waals surface area contributed by atoms with Gasteiger partial charge in [-0.3, -0.25) is 19.6 Å². The normalized spacial score (nSPS) is 12.0. The second kappa shape index (κ2) is 8.99. The van der Waals surface area contributed by atoms with E-state index < -0.39 is 45.9 Å². The maximum Gasteiger partial charge on any atom is 0.266 e. The van der Waals surface area contributed by atoms with E-state index in [-0.39, 0.29) is 4.90 Å². The van der Waals surface area contributed by atoms with E-state index in [0.29, 0.717) is 5.75 Å². The van der Waals surface area contributed by atoms with Crippen molar-refractivity contribution in [3.05, 3.63) is 24.3 Å².